The Morgan fingerprint density at radius 3 is 2.33 bits per heavy atom. The number of hydrogen-bond acceptors (Lipinski definition) is 5. The maximum absolute atomic E-state index is 12.6. The lowest BCUT2D eigenvalue weighted by molar-refractivity contribution is 0.229. The third-order valence-electron chi connectivity index (χ3n) is 5.98. The summed E-state index contributed by atoms with van der Waals surface area (Å²) in [5.41, 5.74) is 3.39. The van der Waals surface area contributed by atoms with Crippen molar-refractivity contribution in [3.8, 4) is 11.5 Å². The van der Waals surface area contributed by atoms with E-state index in [1.54, 1.807) is 38.5 Å². The molecule has 2 aromatic carbocycles. The van der Waals surface area contributed by atoms with E-state index in [1.165, 1.54) is 11.1 Å². The van der Waals surface area contributed by atoms with Crippen molar-refractivity contribution >= 4 is 26.0 Å². The maximum atomic E-state index is 12.6. The monoisotopic (exact) mass is 496 g/mol. The number of hydrogen-bond donors (Lipinski definition) is 0. The molecule has 5 nitrogen and oxygen atoms in total. The van der Waals surface area contributed by atoms with Crippen molar-refractivity contribution < 1.29 is 22.1 Å². The molecule has 0 aromatic heterocycles. The number of methoxy groups -OCH3 is 2. The van der Waals surface area contributed by atoms with Crippen molar-refractivity contribution in [3.63, 3.8) is 0 Å². The van der Waals surface area contributed by atoms with Crippen LogP contribution in [0.2, 0.25) is 0 Å². The van der Waals surface area contributed by atoms with Crippen molar-refractivity contribution in [3.05, 3.63) is 51.5 Å². The summed E-state index contributed by atoms with van der Waals surface area (Å²) in [5, 5.41) is 0. The van der Waals surface area contributed by atoms with Gasteiger partial charge < -0.3 is 9.47 Å². The molecule has 7 heteroatoms. The summed E-state index contributed by atoms with van der Waals surface area (Å²) in [6.45, 7) is 6.39. The fourth-order valence-corrected chi connectivity index (χ4v) is 5.65. The van der Waals surface area contributed by atoms with Crippen LogP contribution in [0.15, 0.2) is 39.7 Å². The molecule has 0 saturated carbocycles. The van der Waals surface area contributed by atoms with Gasteiger partial charge in [0.25, 0.3) is 10.1 Å². The van der Waals surface area contributed by atoms with Gasteiger partial charge in [-0.05, 0) is 72.9 Å². The third kappa shape index (κ3) is 4.53. The summed E-state index contributed by atoms with van der Waals surface area (Å²) in [4.78, 5) is 0.165. The molecule has 0 bridgehead atoms. The van der Waals surface area contributed by atoms with Gasteiger partial charge in [0.05, 0.1) is 25.7 Å². The van der Waals surface area contributed by atoms with Crippen molar-refractivity contribution in [2.24, 2.45) is 5.92 Å². The Bertz CT molecular complexity index is 1000. The molecule has 164 valence electrons. The smallest absolute Gasteiger partial charge is 0.296 e. The average molecular weight is 497 g/mol. The van der Waals surface area contributed by atoms with Gasteiger partial charge in [0.15, 0.2) is 11.5 Å². The molecule has 0 heterocycles. The number of rotatable bonds is 7. The molecule has 0 spiro atoms. The quantitative estimate of drug-likeness (QED) is 0.453. The van der Waals surface area contributed by atoms with Gasteiger partial charge in [0.1, 0.15) is 0 Å². The van der Waals surface area contributed by atoms with Crippen molar-refractivity contribution in [1.82, 2.24) is 0 Å². The number of fused-ring (bicyclic) bond motifs is 1. The van der Waals surface area contributed by atoms with Gasteiger partial charge in [-0.1, -0.05) is 35.8 Å². The highest BCUT2D eigenvalue weighted by Gasteiger charge is 2.34. The van der Waals surface area contributed by atoms with Crippen LogP contribution in [0.3, 0.4) is 0 Å². The summed E-state index contributed by atoms with van der Waals surface area (Å²) in [6, 6.07) is 8.64. The maximum Gasteiger partial charge on any atom is 0.296 e. The first-order valence-electron chi connectivity index (χ1n) is 10.1. The highest BCUT2D eigenvalue weighted by Crippen LogP contribution is 2.50. The van der Waals surface area contributed by atoms with E-state index in [0.29, 0.717) is 5.92 Å². The summed E-state index contributed by atoms with van der Waals surface area (Å²) < 4.78 is 42.8. The summed E-state index contributed by atoms with van der Waals surface area (Å²) in [5.74, 6) is 2.12. The first-order chi connectivity index (χ1) is 14.2. The molecule has 3 atom stereocenters. The number of halogens is 1. The molecule has 30 heavy (non-hydrogen) atoms. The zero-order valence-electron chi connectivity index (χ0n) is 18.1. The van der Waals surface area contributed by atoms with Gasteiger partial charge in [0.2, 0.25) is 0 Å². The summed E-state index contributed by atoms with van der Waals surface area (Å²) >= 11 is 3.32. The highest BCUT2D eigenvalue weighted by molar-refractivity contribution is 9.10. The van der Waals surface area contributed by atoms with Crippen LogP contribution in [0.5, 0.6) is 11.5 Å². The van der Waals surface area contributed by atoms with Crippen LogP contribution in [0.4, 0.5) is 0 Å². The van der Waals surface area contributed by atoms with E-state index in [1.807, 2.05) is 13.8 Å². The molecule has 0 amide bonds. The van der Waals surface area contributed by atoms with Crippen LogP contribution >= 0.6 is 15.9 Å². The van der Waals surface area contributed by atoms with E-state index in [2.05, 4.69) is 28.9 Å². The van der Waals surface area contributed by atoms with Gasteiger partial charge in [-0.3, -0.25) is 4.18 Å². The van der Waals surface area contributed by atoms with Crippen LogP contribution in [-0.2, 0) is 14.3 Å². The van der Waals surface area contributed by atoms with Crippen LogP contribution in [0.1, 0.15) is 55.2 Å². The zero-order valence-corrected chi connectivity index (χ0v) is 20.5. The van der Waals surface area contributed by atoms with E-state index in [-0.39, 0.29) is 23.3 Å². The number of aryl methyl sites for hydroxylation is 1. The van der Waals surface area contributed by atoms with E-state index < -0.39 is 10.1 Å². The molecule has 0 N–H and O–H groups in total. The molecular formula is C23H29BrO5S. The predicted octanol–water partition coefficient (Wildman–Crippen LogP) is 5.80. The van der Waals surface area contributed by atoms with Gasteiger partial charge in [-0.15, -0.1) is 0 Å². The minimum atomic E-state index is -3.80. The summed E-state index contributed by atoms with van der Waals surface area (Å²) in [7, 11) is -0.466. The van der Waals surface area contributed by atoms with E-state index in [9.17, 15) is 8.42 Å². The molecule has 3 rings (SSSR count). The normalized spacial score (nSPS) is 19.8. The molecule has 0 fully saturated rings. The van der Waals surface area contributed by atoms with Crippen molar-refractivity contribution in [2.45, 2.75) is 50.3 Å². The second kappa shape index (κ2) is 9.28. The fourth-order valence-electron chi connectivity index (χ4n) is 4.38. The van der Waals surface area contributed by atoms with Crippen LogP contribution in [-0.4, -0.2) is 29.2 Å². The second-order valence-electron chi connectivity index (χ2n) is 8.02. The molecule has 0 radical (unpaired) electrons. The van der Waals surface area contributed by atoms with Gasteiger partial charge in [0, 0.05) is 10.0 Å². The zero-order chi connectivity index (χ0) is 22.1. The Morgan fingerprint density at radius 2 is 1.73 bits per heavy atom. The molecule has 1 aliphatic rings. The number of benzene rings is 2. The fraction of sp³-hybridized carbons (Fsp3) is 0.478. The van der Waals surface area contributed by atoms with Gasteiger partial charge in [-0.2, -0.15) is 8.42 Å². The van der Waals surface area contributed by atoms with E-state index >= 15 is 0 Å². The standard InChI is InChI=1S/C23H29BrO5S/c1-14-6-11-19(20-12-15(2)22(27-4)23(28-5)21(14)20)16(3)13-29-30(25,26)18-9-7-17(24)8-10-18/h7-10,12,14,16,19H,6,11,13H2,1-5H3/t14-,16-,19+/m0/s1. The Balaban J connectivity index is 1.86. The number of ether oxygens (including phenoxy) is 2. The first kappa shape index (κ1) is 23.1. The average Bonchev–Trinajstić information content (AvgIpc) is 2.71. The van der Waals surface area contributed by atoms with Crippen LogP contribution in [0.25, 0.3) is 0 Å². The van der Waals surface area contributed by atoms with Crippen molar-refractivity contribution in [2.75, 3.05) is 20.8 Å². The molecule has 0 unspecified atom stereocenters. The molecule has 2 aromatic rings. The Morgan fingerprint density at radius 1 is 1.10 bits per heavy atom. The lowest BCUT2D eigenvalue weighted by Crippen LogP contribution is -2.24. The summed E-state index contributed by atoms with van der Waals surface area (Å²) in [6.07, 6.45) is 1.98. The van der Waals surface area contributed by atoms with E-state index in [4.69, 9.17) is 13.7 Å². The molecular weight excluding hydrogens is 468 g/mol. The lowest BCUT2D eigenvalue weighted by atomic mass is 9.72. The topological polar surface area (TPSA) is 61.8 Å². The van der Waals surface area contributed by atoms with Gasteiger partial charge in [-0.25, -0.2) is 0 Å². The molecule has 0 aliphatic heterocycles. The lowest BCUT2D eigenvalue weighted by Gasteiger charge is -2.35. The second-order valence-corrected chi connectivity index (χ2v) is 10.5. The third-order valence-corrected chi connectivity index (χ3v) is 7.80. The van der Waals surface area contributed by atoms with E-state index in [0.717, 1.165) is 34.4 Å². The Kier molecular flexibility index (Phi) is 7.15. The van der Waals surface area contributed by atoms with Gasteiger partial charge >= 0.3 is 0 Å². The highest BCUT2D eigenvalue weighted by atomic mass is 79.9. The Hall–Kier alpha value is -1.57. The minimum Gasteiger partial charge on any atom is -0.493 e. The Labute approximate surface area is 188 Å². The first-order valence-corrected chi connectivity index (χ1v) is 12.3. The molecule has 1 aliphatic carbocycles. The molecule has 0 saturated heterocycles. The van der Waals surface area contributed by atoms with Crippen LogP contribution < -0.4 is 9.47 Å². The largest absolute Gasteiger partial charge is 0.493 e. The van der Waals surface area contributed by atoms with Crippen molar-refractivity contribution in [1.29, 1.82) is 0 Å². The predicted molar refractivity (Wildman–Crippen MR) is 121 cm³/mol. The minimum absolute atomic E-state index is 0.0268. The SMILES string of the molecule is COc1c(C)cc2c(c1OC)[C@@H](C)CC[C@@H]2[C@@H](C)COS(=O)(=O)c1ccc(Br)cc1. The van der Waals surface area contributed by atoms with Crippen LogP contribution in [0, 0.1) is 12.8 Å².